The predicted molar refractivity (Wildman–Crippen MR) is 124 cm³/mol. The van der Waals surface area contributed by atoms with Gasteiger partial charge in [-0.3, -0.25) is 9.36 Å². The molecule has 3 N–H and O–H groups in total. The van der Waals surface area contributed by atoms with Gasteiger partial charge in [-0.15, -0.1) is 10.2 Å². The molecule has 1 aromatic heterocycles. The number of aryl methyl sites for hydroxylation is 4. The lowest BCUT2D eigenvalue weighted by Gasteiger charge is -2.21. The van der Waals surface area contributed by atoms with Crippen LogP contribution in [0.4, 0.5) is 11.6 Å². The van der Waals surface area contributed by atoms with Crippen molar-refractivity contribution in [3.8, 4) is 0 Å². The lowest BCUT2D eigenvalue weighted by atomic mass is 10.0. The van der Waals surface area contributed by atoms with Crippen LogP contribution < -0.4 is 11.1 Å². The number of aromatic nitrogens is 3. The van der Waals surface area contributed by atoms with Crippen LogP contribution in [-0.2, 0) is 11.2 Å². The molecule has 3 rings (SSSR count). The number of nitrogens with one attached hydrogen (secondary N) is 1. The molecule has 0 aliphatic carbocycles. The summed E-state index contributed by atoms with van der Waals surface area (Å²) >= 11 is 1.57. The van der Waals surface area contributed by atoms with Crippen molar-refractivity contribution >= 4 is 29.3 Å². The number of nitrogens with two attached hydrogens (primary N) is 1. The molecule has 0 radical (unpaired) electrons. The van der Waals surface area contributed by atoms with Gasteiger partial charge in [0.2, 0.25) is 11.9 Å². The van der Waals surface area contributed by atoms with Gasteiger partial charge in [0, 0.05) is 11.4 Å². The molecule has 158 valence electrons. The van der Waals surface area contributed by atoms with Crippen molar-refractivity contribution in [3.05, 3.63) is 64.7 Å². The van der Waals surface area contributed by atoms with E-state index in [2.05, 4.69) is 46.7 Å². The van der Waals surface area contributed by atoms with Crippen molar-refractivity contribution < 1.29 is 4.79 Å². The summed E-state index contributed by atoms with van der Waals surface area (Å²) in [6, 6.07) is 14.0. The van der Waals surface area contributed by atoms with Crippen LogP contribution >= 0.6 is 11.8 Å². The molecule has 6 nitrogen and oxygen atoms in total. The first-order valence-electron chi connectivity index (χ1n) is 10.2. The Balaban J connectivity index is 1.76. The van der Waals surface area contributed by atoms with Crippen LogP contribution in [0.3, 0.4) is 0 Å². The highest BCUT2D eigenvalue weighted by Gasteiger charge is 2.25. The minimum atomic E-state index is -0.473. The number of nitrogen functional groups attached to an aromatic ring is 1. The van der Waals surface area contributed by atoms with Gasteiger partial charge in [0.15, 0.2) is 5.16 Å². The number of nitrogens with zero attached hydrogens (tertiary/aromatic N) is 3. The Morgan fingerprint density at radius 1 is 1.13 bits per heavy atom. The molecular weight excluding hydrogens is 394 g/mol. The first-order chi connectivity index (χ1) is 14.4. The molecule has 0 saturated heterocycles. The minimum absolute atomic E-state index is 0.107. The number of carbonyl (C=O) groups is 1. The maximum absolute atomic E-state index is 13.2. The van der Waals surface area contributed by atoms with Crippen LogP contribution in [0.5, 0.6) is 0 Å². The summed E-state index contributed by atoms with van der Waals surface area (Å²) in [5.41, 5.74) is 11.5. The third-order valence-electron chi connectivity index (χ3n) is 5.08. The fraction of sp³-hybridized carbons (Fsp3) is 0.348. The Morgan fingerprint density at radius 3 is 2.43 bits per heavy atom. The number of rotatable bonds is 8. The van der Waals surface area contributed by atoms with E-state index in [-0.39, 0.29) is 11.9 Å². The molecule has 0 aliphatic rings. The molecule has 0 spiro atoms. The zero-order valence-electron chi connectivity index (χ0n) is 18.0. The summed E-state index contributed by atoms with van der Waals surface area (Å²) in [5.74, 6) is 0.983. The fourth-order valence-corrected chi connectivity index (χ4v) is 4.63. The lowest BCUT2D eigenvalue weighted by Crippen LogP contribution is -2.27. The molecule has 1 atom stereocenters. The van der Waals surface area contributed by atoms with Gasteiger partial charge in [-0.1, -0.05) is 66.7 Å². The second-order valence-electron chi connectivity index (χ2n) is 7.48. The van der Waals surface area contributed by atoms with Crippen LogP contribution in [0, 0.1) is 20.8 Å². The minimum Gasteiger partial charge on any atom is -0.368 e. The Hall–Kier alpha value is -2.80. The second kappa shape index (κ2) is 9.80. The second-order valence-corrected chi connectivity index (χ2v) is 8.54. The smallest absolute Gasteiger partial charge is 0.247 e. The van der Waals surface area contributed by atoms with Crippen molar-refractivity contribution in [2.75, 3.05) is 16.8 Å². The van der Waals surface area contributed by atoms with E-state index in [4.69, 9.17) is 5.73 Å². The Labute approximate surface area is 182 Å². The third-order valence-corrected chi connectivity index (χ3v) is 6.03. The van der Waals surface area contributed by atoms with Gasteiger partial charge in [-0.25, -0.2) is 0 Å². The fourth-order valence-electron chi connectivity index (χ4n) is 3.65. The van der Waals surface area contributed by atoms with Gasteiger partial charge >= 0.3 is 0 Å². The maximum Gasteiger partial charge on any atom is 0.247 e. The van der Waals surface area contributed by atoms with Crippen LogP contribution in [0.15, 0.2) is 47.6 Å². The monoisotopic (exact) mass is 423 g/mol. The Morgan fingerprint density at radius 2 is 1.80 bits per heavy atom. The quantitative estimate of drug-likeness (QED) is 0.513. The van der Waals surface area contributed by atoms with E-state index in [0.29, 0.717) is 11.6 Å². The van der Waals surface area contributed by atoms with Crippen molar-refractivity contribution in [1.29, 1.82) is 0 Å². The molecule has 0 aliphatic heterocycles. The molecule has 1 amide bonds. The third kappa shape index (κ3) is 5.02. The van der Waals surface area contributed by atoms with E-state index in [0.717, 1.165) is 29.0 Å². The first-order valence-corrected chi connectivity index (χ1v) is 11.1. The zero-order chi connectivity index (χ0) is 21.7. The van der Waals surface area contributed by atoms with E-state index in [1.165, 1.54) is 11.1 Å². The summed E-state index contributed by atoms with van der Waals surface area (Å²) < 4.78 is 1.75. The van der Waals surface area contributed by atoms with Crippen molar-refractivity contribution in [1.82, 2.24) is 14.8 Å². The molecule has 1 unspecified atom stereocenters. The largest absolute Gasteiger partial charge is 0.368 e. The first kappa shape index (κ1) is 21.9. The molecule has 3 aromatic rings. The highest BCUT2D eigenvalue weighted by Crippen LogP contribution is 2.28. The van der Waals surface area contributed by atoms with E-state index in [1.807, 2.05) is 39.0 Å². The standard InChI is InChI=1S/C23H29N5OS/c1-5-19(21(29)25-20-16(3)13-15(2)14-17(20)4)28-22(24)26-27-23(28)30-12-11-18-9-7-6-8-10-18/h6-10,13-14,19H,5,11-12H2,1-4H3,(H2,24,26)(H,25,29). The highest BCUT2D eigenvalue weighted by molar-refractivity contribution is 7.99. The Kier molecular flexibility index (Phi) is 7.15. The van der Waals surface area contributed by atoms with E-state index in [1.54, 1.807) is 16.3 Å². The Bertz CT molecular complexity index is 993. The van der Waals surface area contributed by atoms with Gasteiger partial charge in [0.05, 0.1) is 0 Å². The van der Waals surface area contributed by atoms with Crippen molar-refractivity contribution in [2.24, 2.45) is 0 Å². The summed E-state index contributed by atoms with van der Waals surface area (Å²) in [5, 5.41) is 12.0. The van der Waals surface area contributed by atoms with E-state index < -0.39 is 6.04 Å². The summed E-state index contributed by atoms with van der Waals surface area (Å²) in [7, 11) is 0. The normalized spacial score (nSPS) is 12.0. The molecule has 7 heteroatoms. The molecule has 0 fully saturated rings. The van der Waals surface area contributed by atoms with Gasteiger partial charge in [0.25, 0.3) is 0 Å². The molecule has 0 saturated carbocycles. The number of anilines is 2. The number of hydrogen-bond donors (Lipinski definition) is 2. The predicted octanol–water partition coefficient (Wildman–Crippen LogP) is 4.71. The number of hydrogen-bond acceptors (Lipinski definition) is 5. The van der Waals surface area contributed by atoms with Crippen molar-refractivity contribution in [2.45, 2.75) is 51.7 Å². The summed E-state index contributed by atoms with van der Waals surface area (Å²) in [6.07, 6.45) is 1.49. The summed E-state index contributed by atoms with van der Waals surface area (Å²) in [6.45, 7) is 8.04. The molecule has 0 bridgehead atoms. The molecular formula is C23H29N5OS. The maximum atomic E-state index is 13.2. The topological polar surface area (TPSA) is 85.8 Å². The van der Waals surface area contributed by atoms with Gasteiger partial charge in [-0.05, 0) is 50.3 Å². The SMILES string of the molecule is CCC(C(=O)Nc1c(C)cc(C)cc1C)n1c(N)nnc1SCCc1ccccc1. The number of carbonyl (C=O) groups excluding carboxylic acids is 1. The van der Waals surface area contributed by atoms with Crippen LogP contribution in [-0.4, -0.2) is 26.4 Å². The molecule has 1 heterocycles. The average Bonchev–Trinajstić information content (AvgIpc) is 3.07. The number of benzene rings is 2. The van der Waals surface area contributed by atoms with Gasteiger partial charge < -0.3 is 11.1 Å². The molecule has 2 aromatic carbocycles. The number of amides is 1. The number of thioether (sulfide) groups is 1. The van der Waals surface area contributed by atoms with Gasteiger partial charge in [-0.2, -0.15) is 0 Å². The lowest BCUT2D eigenvalue weighted by molar-refractivity contribution is -0.119. The zero-order valence-corrected chi connectivity index (χ0v) is 18.8. The van der Waals surface area contributed by atoms with Crippen LogP contribution in [0.1, 0.15) is 41.6 Å². The molecule has 30 heavy (non-hydrogen) atoms. The van der Waals surface area contributed by atoms with Crippen LogP contribution in [0.2, 0.25) is 0 Å². The average molecular weight is 424 g/mol. The highest BCUT2D eigenvalue weighted by atomic mass is 32.2. The van der Waals surface area contributed by atoms with Gasteiger partial charge in [0.1, 0.15) is 6.04 Å². The summed E-state index contributed by atoms with van der Waals surface area (Å²) in [4.78, 5) is 13.2. The van der Waals surface area contributed by atoms with Crippen molar-refractivity contribution in [3.63, 3.8) is 0 Å². The van der Waals surface area contributed by atoms with Crippen LogP contribution in [0.25, 0.3) is 0 Å². The van der Waals surface area contributed by atoms with E-state index >= 15 is 0 Å². The van der Waals surface area contributed by atoms with E-state index in [9.17, 15) is 4.79 Å².